The van der Waals surface area contributed by atoms with Crippen LogP contribution < -0.4 is 0 Å². The molecule has 0 rings (SSSR count). The van der Waals surface area contributed by atoms with Crippen molar-refractivity contribution in [2.24, 2.45) is 0 Å². The first-order chi connectivity index (χ1) is 5.63. The van der Waals surface area contributed by atoms with Crippen molar-refractivity contribution < 1.29 is 4.57 Å². The molecule has 0 aromatic rings. The van der Waals surface area contributed by atoms with Crippen molar-refractivity contribution in [2.45, 2.75) is 0 Å². The number of hydrogen-bond donors (Lipinski definition) is 0. The molecule has 0 aromatic heterocycles. The fourth-order valence-corrected chi connectivity index (χ4v) is 2.72. The van der Waals surface area contributed by atoms with Crippen LogP contribution in [-0.4, -0.2) is 48.3 Å². The summed E-state index contributed by atoms with van der Waals surface area (Å²) >= 11 is 11.0. The third kappa shape index (κ3) is 4.68. The van der Waals surface area contributed by atoms with Gasteiger partial charge in [0.05, 0.1) is 0 Å². The van der Waals surface area contributed by atoms with Gasteiger partial charge in [-0.2, -0.15) is 0 Å². The Labute approximate surface area is 84.5 Å². The molecule has 6 heteroatoms. The molecular weight excluding hydrogens is 218 g/mol. The van der Waals surface area contributed by atoms with Gasteiger partial charge < -0.3 is 0 Å². The van der Waals surface area contributed by atoms with Crippen molar-refractivity contribution in [1.29, 1.82) is 0 Å². The average Bonchev–Trinajstić information content (AvgIpc) is 2.04. The van der Waals surface area contributed by atoms with Gasteiger partial charge in [0.15, 0.2) is 0 Å². The molecule has 0 aliphatic heterocycles. The lowest BCUT2D eigenvalue weighted by atomic mass is 10.8. The first kappa shape index (κ1) is 12.7. The average molecular weight is 233 g/mol. The number of hydrogen-bond acceptors (Lipinski definition) is 1. The van der Waals surface area contributed by atoms with E-state index in [-0.39, 0.29) is 0 Å². The summed E-state index contributed by atoms with van der Waals surface area (Å²) in [7, 11) is 1.78. The zero-order chi connectivity index (χ0) is 9.56. The number of nitrogens with zero attached hydrogens (tertiary/aromatic N) is 2. The molecule has 0 N–H and O–H groups in total. The van der Waals surface area contributed by atoms with E-state index in [4.69, 9.17) is 23.2 Å². The highest BCUT2D eigenvalue weighted by Gasteiger charge is 2.11. The minimum Gasteiger partial charge on any atom is -0.292 e. The lowest BCUT2D eigenvalue weighted by Gasteiger charge is -2.22. The fraction of sp³-hybridized carbons (Fsp3) is 1.00. The van der Waals surface area contributed by atoms with Crippen molar-refractivity contribution in [2.75, 3.05) is 38.9 Å². The summed E-state index contributed by atoms with van der Waals surface area (Å²) in [6.07, 6.45) is 0. The van der Waals surface area contributed by atoms with Crippen LogP contribution in [0.15, 0.2) is 0 Å². The van der Waals surface area contributed by atoms with Crippen LogP contribution in [0.5, 0.6) is 0 Å². The molecule has 0 radical (unpaired) electrons. The molecule has 0 aliphatic rings. The van der Waals surface area contributed by atoms with E-state index in [0.717, 1.165) is 0 Å². The number of halogens is 2. The molecule has 0 heterocycles. The van der Waals surface area contributed by atoms with Gasteiger partial charge in [-0.05, 0) is 14.1 Å². The second-order valence-electron chi connectivity index (χ2n) is 2.50. The third-order valence-corrected chi connectivity index (χ3v) is 3.58. The maximum absolute atomic E-state index is 11.5. The highest BCUT2D eigenvalue weighted by atomic mass is 35.5. The van der Waals surface area contributed by atoms with E-state index in [1.165, 1.54) is 0 Å². The van der Waals surface area contributed by atoms with Gasteiger partial charge in [0.1, 0.15) is 0 Å². The smallest absolute Gasteiger partial charge is 0.204 e. The normalized spacial score (nSPS) is 11.9. The molecule has 3 nitrogen and oxygen atoms in total. The Hall–Kier alpha value is 0.730. The molecule has 74 valence electrons. The Morgan fingerprint density at radius 1 is 1.08 bits per heavy atom. The van der Waals surface area contributed by atoms with Gasteiger partial charge in [0.25, 0.3) is 0 Å². The van der Waals surface area contributed by atoms with Crippen LogP contribution in [0.3, 0.4) is 0 Å². The van der Waals surface area contributed by atoms with Crippen LogP contribution in [-0.2, 0) is 4.57 Å². The molecule has 0 fully saturated rings. The SMILES string of the molecule is CN(CCCl)[PH](=O)N(C)CCCl. The summed E-state index contributed by atoms with van der Waals surface area (Å²) in [5.41, 5.74) is 0. The minimum absolute atomic E-state index is 0.502. The zero-order valence-corrected chi connectivity index (χ0v) is 9.90. The first-order valence-electron chi connectivity index (χ1n) is 3.71. The molecule has 0 spiro atoms. The summed E-state index contributed by atoms with van der Waals surface area (Å²) in [6.45, 7) is 1.29. The van der Waals surface area contributed by atoms with E-state index in [2.05, 4.69) is 0 Å². The van der Waals surface area contributed by atoms with Gasteiger partial charge in [-0.1, -0.05) is 0 Å². The predicted octanol–water partition coefficient (Wildman–Crippen LogP) is 1.72. The monoisotopic (exact) mass is 232 g/mol. The lowest BCUT2D eigenvalue weighted by molar-refractivity contribution is 0.430. The van der Waals surface area contributed by atoms with Crippen LogP contribution >= 0.6 is 31.3 Å². The maximum Gasteiger partial charge on any atom is 0.204 e. The van der Waals surface area contributed by atoms with E-state index >= 15 is 0 Å². The van der Waals surface area contributed by atoms with E-state index in [1.807, 2.05) is 0 Å². The van der Waals surface area contributed by atoms with E-state index in [1.54, 1.807) is 23.4 Å². The van der Waals surface area contributed by atoms with Crippen LogP contribution in [0.25, 0.3) is 0 Å². The third-order valence-electron chi connectivity index (χ3n) is 1.49. The van der Waals surface area contributed by atoms with Crippen molar-refractivity contribution in [3.8, 4) is 0 Å². The zero-order valence-electron chi connectivity index (χ0n) is 7.39. The molecule has 0 bridgehead atoms. The summed E-state index contributed by atoms with van der Waals surface area (Å²) in [6, 6.07) is 0. The fourth-order valence-electron chi connectivity index (χ4n) is 0.736. The molecular formula is C6H15Cl2N2OP. The maximum atomic E-state index is 11.5. The highest BCUT2D eigenvalue weighted by molar-refractivity contribution is 7.39. The van der Waals surface area contributed by atoms with E-state index in [0.29, 0.717) is 24.8 Å². The van der Waals surface area contributed by atoms with Gasteiger partial charge in [0, 0.05) is 24.8 Å². The molecule has 0 amide bonds. The van der Waals surface area contributed by atoms with Crippen molar-refractivity contribution in [3.63, 3.8) is 0 Å². The molecule has 12 heavy (non-hydrogen) atoms. The highest BCUT2D eigenvalue weighted by Crippen LogP contribution is 2.28. The van der Waals surface area contributed by atoms with Gasteiger partial charge >= 0.3 is 0 Å². The van der Waals surface area contributed by atoms with Gasteiger partial charge in [0.2, 0.25) is 8.10 Å². The molecule has 0 aromatic carbocycles. The number of alkyl halides is 2. The quantitative estimate of drug-likeness (QED) is 0.515. The minimum atomic E-state index is -1.82. The molecule has 0 saturated carbocycles. The summed E-state index contributed by atoms with van der Waals surface area (Å²) in [5.74, 6) is 1.00. The Balaban J connectivity index is 3.82. The Kier molecular flexibility index (Phi) is 7.60. The number of rotatable bonds is 6. The Morgan fingerprint density at radius 2 is 1.42 bits per heavy atom. The summed E-state index contributed by atoms with van der Waals surface area (Å²) in [5, 5.41) is 0. The topological polar surface area (TPSA) is 23.6 Å². The van der Waals surface area contributed by atoms with E-state index < -0.39 is 8.10 Å². The van der Waals surface area contributed by atoms with Crippen LogP contribution in [0, 0.1) is 0 Å². The van der Waals surface area contributed by atoms with E-state index in [9.17, 15) is 4.57 Å². The second kappa shape index (κ2) is 7.16. The standard InChI is InChI=1S/C6H15Cl2N2OP/c1-9(5-3-7)12(11)10(2)6-4-8/h12H,3-6H2,1-2H3. The van der Waals surface area contributed by atoms with Gasteiger partial charge in [-0.15, -0.1) is 23.2 Å². The van der Waals surface area contributed by atoms with Gasteiger partial charge in [-0.25, -0.2) is 9.34 Å². The van der Waals surface area contributed by atoms with Crippen LogP contribution in [0.1, 0.15) is 0 Å². The molecule has 0 aliphatic carbocycles. The summed E-state index contributed by atoms with van der Waals surface area (Å²) < 4.78 is 15.1. The van der Waals surface area contributed by atoms with Gasteiger partial charge in [-0.3, -0.25) is 4.57 Å². The Morgan fingerprint density at radius 3 is 1.67 bits per heavy atom. The molecule has 0 saturated heterocycles. The Bertz CT molecular complexity index is 134. The van der Waals surface area contributed by atoms with Crippen molar-refractivity contribution in [1.82, 2.24) is 9.34 Å². The predicted molar refractivity (Wildman–Crippen MR) is 55.7 cm³/mol. The van der Waals surface area contributed by atoms with Crippen molar-refractivity contribution >= 4 is 31.3 Å². The lowest BCUT2D eigenvalue weighted by Crippen LogP contribution is -2.22. The molecule has 0 atom stereocenters. The molecule has 0 unspecified atom stereocenters. The largest absolute Gasteiger partial charge is 0.292 e. The first-order valence-corrected chi connectivity index (χ1v) is 6.08. The summed E-state index contributed by atoms with van der Waals surface area (Å²) in [4.78, 5) is 0. The van der Waals surface area contributed by atoms with Crippen LogP contribution in [0.4, 0.5) is 0 Å². The van der Waals surface area contributed by atoms with Crippen molar-refractivity contribution in [3.05, 3.63) is 0 Å². The second-order valence-corrected chi connectivity index (χ2v) is 5.35. The van der Waals surface area contributed by atoms with Crippen LogP contribution in [0.2, 0.25) is 0 Å².